The molecule has 0 aliphatic heterocycles. The average molecular weight is 320 g/mol. The molecular weight excluding hydrogens is 296 g/mol. The van der Waals surface area contributed by atoms with E-state index in [9.17, 15) is 8.42 Å². The number of hydrogen-bond donors (Lipinski definition) is 2. The summed E-state index contributed by atoms with van der Waals surface area (Å²) in [6, 6.07) is 3.49. The number of thiophene rings is 1. The molecule has 0 saturated carbocycles. The molecule has 0 fully saturated rings. The summed E-state index contributed by atoms with van der Waals surface area (Å²) in [6.45, 7) is 9.04. The second-order valence-electron chi connectivity index (χ2n) is 4.87. The molecule has 0 unspecified atom stereocenters. The van der Waals surface area contributed by atoms with Crippen molar-refractivity contribution in [2.45, 2.75) is 31.5 Å². The van der Waals surface area contributed by atoms with Crippen LogP contribution < -0.4 is 10.0 Å². The van der Waals surface area contributed by atoms with E-state index in [1.807, 2.05) is 13.0 Å². The standard InChI is InChI=1S/C13H24N2O3S2/c1-4-14-9-12-5-6-13(19-12)20(16,17)15-7-8-18-10-11(2)3/h5-6,11,14-15H,4,7-10H2,1-3H3. The van der Waals surface area contributed by atoms with Crippen LogP contribution in [0.1, 0.15) is 25.6 Å². The first-order valence-electron chi connectivity index (χ1n) is 6.82. The molecule has 5 nitrogen and oxygen atoms in total. The van der Waals surface area contributed by atoms with Crippen molar-refractivity contribution in [3.63, 3.8) is 0 Å². The van der Waals surface area contributed by atoms with E-state index < -0.39 is 10.0 Å². The highest BCUT2D eigenvalue weighted by Gasteiger charge is 2.16. The Bertz CT molecular complexity index is 484. The Morgan fingerprint density at radius 2 is 2.10 bits per heavy atom. The minimum absolute atomic E-state index is 0.301. The van der Waals surface area contributed by atoms with Crippen LogP contribution in [0.25, 0.3) is 0 Å². The van der Waals surface area contributed by atoms with Crippen LogP contribution in [0.15, 0.2) is 16.3 Å². The van der Waals surface area contributed by atoms with E-state index in [4.69, 9.17) is 4.74 Å². The number of nitrogens with one attached hydrogen (secondary N) is 2. The van der Waals surface area contributed by atoms with Gasteiger partial charge < -0.3 is 10.1 Å². The molecule has 0 aliphatic carbocycles. The number of hydrogen-bond acceptors (Lipinski definition) is 5. The summed E-state index contributed by atoms with van der Waals surface area (Å²) in [4.78, 5) is 1.02. The summed E-state index contributed by atoms with van der Waals surface area (Å²) in [5.74, 6) is 0.456. The SMILES string of the molecule is CCNCc1ccc(S(=O)(=O)NCCOCC(C)C)s1. The molecule has 1 heterocycles. The minimum atomic E-state index is -3.40. The molecule has 20 heavy (non-hydrogen) atoms. The number of sulfonamides is 1. The highest BCUT2D eigenvalue weighted by atomic mass is 32.2. The Morgan fingerprint density at radius 3 is 2.75 bits per heavy atom. The van der Waals surface area contributed by atoms with Gasteiger partial charge in [-0.15, -0.1) is 11.3 Å². The molecule has 1 aromatic heterocycles. The topological polar surface area (TPSA) is 67.4 Å². The summed E-state index contributed by atoms with van der Waals surface area (Å²) in [7, 11) is -3.40. The molecule has 0 saturated heterocycles. The maximum Gasteiger partial charge on any atom is 0.250 e. The smallest absolute Gasteiger partial charge is 0.250 e. The van der Waals surface area contributed by atoms with Gasteiger partial charge in [-0.1, -0.05) is 20.8 Å². The summed E-state index contributed by atoms with van der Waals surface area (Å²) >= 11 is 1.29. The van der Waals surface area contributed by atoms with Gasteiger partial charge in [0.15, 0.2) is 0 Å². The zero-order valence-electron chi connectivity index (χ0n) is 12.3. The normalized spacial score (nSPS) is 12.2. The largest absolute Gasteiger partial charge is 0.380 e. The lowest BCUT2D eigenvalue weighted by Gasteiger charge is -2.07. The van der Waals surface area contributed by atoms with Crippen LogP contribution in [0.5, 0.6) is 0 Å². The lowest BCUT2D eigenvalue weighted by molar-refractivity contribution is 0.114. The third kappa shape index (κ3) is 6.32. The molecular formula is C13H24N2O3S2. The monoisotopic (exact) mass is 320 g/mol. The molecule has 116 valence electrons. The second kappa shape index (κ2) is 8.74. The third-order valence-electron chi connectivity index (χ3n) is 2.44. The van der Waals surface area contributed by atoms with Crippen molar-refractivity contribution < 1.29 is 13.2 Å². The van der Waals surface area contributed by atoms with Crippen LogP contribution >= 0.6 is 11.3 Å². The molecule has 7 heteroatoms. The van der Waals surface area contributed by atoms with E-state index in [1.165, 1.54) is 11.3 Å². The van der Waals surface area contributed by atoms with Crippen molar-refractivity contribution >= 4 is 21.4 Å². The minimum Gasteiger partial charge on any atom is -0.380 e. The van der Waals surface area contributed by atoms with Crippen molar-refractivity contribution in [2.24, 2.45) is 5.92 Å². The average Bonchev–Trinajstić information content (AvgIpc) is 2.85. The Balaban J connectivity index is 2.41. The van der Waals surface area contributed by atoms with Gasteiger partial charge in [-0.25, -0.2) is 13.1 Å². The van der Waals surface area contributed by atoms with Crippen molar-refractivity contribution in [1.29, 1.82) is 0 Å². The maximum absolute atomic E-state index is 12.0. The quantitative estimate of drug-likeness (QED) is 0.645. The first-order valence-corrected chi connectivity index (χ1v) is 9.12. The molecule has 2 N–H and O–H groups in total. The first-order chi connectivity index (χ1) is 9.45. The van der Waals surface area contributed by atoms with Gasteiger partial charge in [-0.05, 0) is 24.6 Å². The fourth-order valence-corrected chi connectivity index (χ4v) is 3.87. The predicted molar refractivity (Wildman–Crippen MR) is 82.5 cm³/mol. The molecule has 0 amide bonds. The van der Waals surface area contributed by atoms with E-state index in [0.717, 1.165) is 11.4 Å². The molecule has 1 rings (SSSR count). The van der Waals surface area contributed by atoms with Crippen molar-refractivity contribution in [3.05, 3.63) is 17.0 Å². The fraction of sp³-hybridized carbons (Fsp3) is 0.692. The van der Waals surface area contributed by atoms with Gasteiger partial charge in [0.2, 0.25) is 10.0 Å². The maximum atomic E-state index is 12.0. The molecule has 1 aromatic rings. The summed E-state index contributed by atoms with van der Waals surface area (Å²) < 4.78 is 32.3. The second-order valence-corrected chi connectivity index (χ2v) is 8.03. The van der Waals surface area contributed by atoms with E-state index >= 15 is 0 Å². The summed E-state index contributed by atoms with van der Waals surface area (Å²) in [5.41, 5.74) is 0. The van der Waals surface area contributed by atoms with E-state index in [2.05, 4.69) is 23.9 Å². The highest BCUT2D eigenvalue weighted by Crippen LogP contribution is 2.21. The van der Waals surface area contributed by atoms with E-state index in [-0.39, 0.29) is 0 Å². The molecule has 0 bridgehead atoms. The lowest BCUT2D eigenvalue weighted by Crippen LogP contribution is -2.27. The van der Waals surface area contributed by atoms with Crippen molar-refractivity contribution in [1.82, 2.24) is 10.0 Å². The van der Waals surface area contributed by atoms with Crippen molar-refractivity contribution in [3.8, 4) is 0 Å². The van der Waals surface area contributed by atoms with E-state index in [1.54, 1.807) is 6.07 Å². The van der Waals surface area contributed by atoms with Gasteiger partial charge in [0, 0.05) is 24.6 Å². The Kier molecular flexibility index (Phi) is 7.68. The van der Waals surface area contributed by atoms with Crippen molar-refractivity contribution in [2.75, 3.05) is 26.3 Å². The third-order valence-corrected chi connectivity index (χ3v) is 5.48. The van der Waals surface area contributed by atoms with Gasteiger partial charge in [-0.3, -0.25) is 0 Å². The predicted octanol–water partition coefficient (Wildman–Crippen LogP) is 1.81. The molecule has 0 aliphatic rings. The lowest BCUT2D eigenvalue weighted by atomic mass is 10.2. The zero-order chi connectivity index (χ0) is 15.0. The van der Waals surface area contributed by atoms with E-state index in [0.29, 0.717) is 36.4 Å². The van der Waals surface area contributed by atoms with Crippen LogP contribution in [-0.4, -0.2) is 34.7 Å². The fourth-order valence-electron chi connectivity index (χ4n) is 1.48. The van der Waals surface area contributed by atoms with Crippen LogP contribution in [0.2, 0.25) is 0 Å². The number of ether oxygens (including phenoxy) is 1. The Labute approximate surface area is 125 Å². The molecule has 0 aromatic carbocycles. The van der Waals surface area contributed by atoms with Gasteiger partial charge in [0.1, 0.15) is 4.21 Å². The van der Waals surface area contributed by atoms with Gasteiger partial charge in [-0.2, -0.15) is 0 Å². The van der Waals surface area contributed by atoms with Crippen LogP contribution in [0.4, 0.5) is 0 Å². The summed E-state index contributed by atoms with van der Waals surface area (Å²) in [5, 5.41) is 3.17. The van der Waals surface area contributed by atoms with Gasteiger partial charge in [0.05, 0.1) is 6.61 Å². The van der Waals surface area contributed by atoms with Crippen LogP contribution in [0, 0.1) is 5.92 Å². The Morgan fingerprint density at radius 1 is 1.35 bits per heavy atom. The van der Waals surface area contributed by atoms with Crippen LogP contribution in [0.3, 0.4) is 0 Å². The first kappa shape index (κ1) is 17.6. The molecule has 0 radical (unpaired) electrons. The Hall–Kier alpha value is -0.470. The number of rotatable bonds is 10. The zero-order valence-corrected chi connectivity index (χ0v) is 13.9. The van der Waals surface area contributed by atoms with Gasteiger partial charge in [0.25, 0.3) is 0 Å². The van der Waals surface area contributed by atoms with Gasteiger partial charge >= 0.3 is 0 Å². The molecule has 0 spiro atoms. The van der Waals surface area contributed by atoms with Crippen LogP contribution in [-0.2, 0) is 21.3 Å². The highest BCUT2D eigenvalue weighted by molar-refractivity contribution is 7.91. The molecule has 0 atom stereocenters. The summed E-state index contributed by atoms with van der Waals surface area (Å²) in [6.07, 6.45) is 0.